The van der Waals surface area contributed by atoms with Crippen molar-refractivity contribution in [3.63, 3.8) is 0 Å². The fourth-order valence-corrected chi connectivity index (χ4v) is 5.94. The number of benzene rings is 1. The van der Waals surface area contributed by atoms with Crippen molar-refractivity contribution in [2.45, 2.75) is 24.0 Å². The summed E-state index contributed by atoms with van der Waals surface area (Å²) in [7, 11) is -3.56. The number of amides is 1. The zero-order chi connectivity index (χ0) is 19.4. The number of hydrogen-bond acceptors (Lipinski definition) is 5. The Hall–Kier alpha value is -1.61. The molecular formula is C18H21ClN2O4S2. The number of hydrogen-bond donors (Lipinski definition) is 1. The van der Waals surface area contributed by atoms with E-state index in [0.29, 0.717) is 46.7 Å². The van der Waals surface area contributed by atoms with Crippen LogP contribution in [0.5, 0.6) is 5.75 Å². The van der Waals surface area contributed by atoms with Gasteiger partial charge in [-0.1, -0.05) is 23.7 Å². The summed E-state index contributed by atoms with van der Waals surface area (Å²) in [5, 5.41) is 4.99. The van der Waals surface area contributed by atoms with Gasteiger partial charge in [0.15, 0.2) is 5.75 Å². The summed E-state index contributed by atoms with van der Waals surface area (Å²) < 4.78 is 32.7. The minimum absolute atomic E-state index is 0.163. The summed E-state index contributed by atoms with van der Waals surface area (Å²) in [5.41, 5.74) is 0.493. The lowest BCUT2D eigenvalue weighted by Gasteiger charge is -2.31. The fourth-order valence-electron chi connectivity index (χ4n) is 3.05. The first-order valence-electron chi connectivity index (χ1n) is 8.69. The number of carbonyl (C=O) groups is 1. The Morgan fingerprint density at radius 2 is 2.19 bits per heavy atom. The Labute approximate surface area is 168 Å². The number of rotatable bonds is 6. The third-order valence-electron chi connectivity index (χ3n) is 4.36. The molecule has 0 aliphatic carbocycles. The molecule has 1 unspecified atom stereocenters. The molecule has 2 heterocycles. The minimum Gasteiger partial charge on any atom is -0.490 e. The molecule has 0 saturated carbocycles. The van der Waals surface area contributed by atoms with Crippen molar-refractivity contribution in [2.75, 3.05) is 25.0 Å². The smallest absolute Gasteiger partial charge is 0.252 e. The Kier molecular flexibility index (Phi) is 6.41. The Morgan fingerprint density at radius 1 is 1.37 bits per heavy atom. The van der Waals surface area contributed by atoms with Crippen molar-refractivity contribution >= 4 is 44.6 Å². The molecule has 1 aromatic carbocycles. The largest absolute Gasteiger partial charge is 0.490 e. The number of para-hydroxylation sites is 1. The van der Waals surface area contributed by atoms with Crippen molar-refractivity contribution in [2.24, 2.45) is 5.92 Å². The molecule has 0 bridgehead atoms. The van der Waals surface area contributed by atoms with Crippen LogP contribution in [0.15, 0.2) is 39.9 Å². The van der Waals surface area contributed by atoms with Gasteiger partial charge in [-0.3, -0.25) is 4.79 Å². The number of sulfonamides is 1. The van der Waals surface area contributed by atoms with Crippen molar-refractivity contribution in [3.05, 3.63) is 40.7 Å². The second kappa shape index (κ2) is 8.60. The topological polar surface area (TPSA) is 75.7 Å². The summed E-state index contributed by atoms with van der Waals surface area (Å²) >= 11 is 7.34. The van der Waals surface area contributed by atoms with Crippen molar-refractivity contribution in [1.29, 1.82) is 0 Å². The molecule has 1 amide bonds. The predicted octanol–water partition coefficient (Wildman–Crippen LogP) is 3.84. The van der Waals surface area contributed by atoms with Crippen molar-refractivity contribution in [3.8, 4) is 5.75 Å². The van der Waals surface area contributed by atoms with Gasteiger partial charge in [-0.15, -0.1) is 11.3 Å². The number of nitrogens with zero attached hydrogens (tertiary/aromatic N) is 1. The fraction of sp³-hybridized carbons (Fsp3) is 0.389. The van der Waals surface area contributed by atoms with Gasteiger partial charge in [-0.25, -0.2) is 8.42 Å². The van der Waals surface area contributed by atoms with E-state index >= 15 is 0 Å². The summed E-state index contributed by atoms with van der Waals surface area (Å²) in [6.45, 7) is 2.84. The number of nitrogens with one attached hydrogen (secondary N) is 1. The monoisotopic (exact) mass is 428 g/mol. The second-order valence-electron chi connectivity index (χ2n) is 6.17. The highest BCUT2D eigenvalue weighted by atomic mass is 35.5. The summed E-state index contributed by atoms with van der Waals surface area (Å²) in [6, 6.07) is 8.44. The lowest BCUT2D eigenvalue weighted by molar-refractivity contribution is -0.120. The SMILES string of the molecule is CCOc1c(Cl)cccc1NC(=O)C1CCCN(S(=O)(=O)c2cccs2)C1. The third kappa shape index (κ3) is 4.45. The van der Waals surface area contributed by atoms with Gasteiger partial charge in [0.1, 0.15) is 4.21 Å². The zero-order valence-corrected chi connectivity index (χ0v) is 17.2. The number of halogens is 1. The summed E-state index contributed by atoms with van der Waals surface area (Å²) in [6.07, 6.45) is 1.27. The van der Waals surface area contributed by atoms with Crippen LogP contribution in [0.2, 0.25) is 5.02 Å². The van der Waals surface area contributed by atoms with E-state index < -0.39 is 15.9 Å². The molecule has 27 heavy (non-hydrogen) atoms. The molecule has 6 nitrogen and oxygen atoms in total. The van der Waals surface area contributed by atoms with Crippen LogP contribution in [0.25, 0.3) is 0 Å². The summed E-state index contributed by atoms with van der Waals surface area (Å²) in [5.74, 6) is -0.236. The van der Waals surface area contributed by atoms with Crippen LogP contribution in [0.1, 0.15) is 19.8 Å². The number of anilines is 1. The van der Waals surface area contributed by atoms with Crippen LogP contribution >= 0.6 is 22.9 Å². The second-order valence-corrected chi connectivity index (χ2v) is 9.69. The molecule has 1 fully saturated rings. The van der Waals surface area contributed by atoms with E-state index in [0.717, 1.165) is 0 Å². The molecule has 1 aromatic heterocycles. The van der Waals surface area contributed by atoms with Gasteiger partial charge in [0.25, 0.3) is 10.0 Å². The summed E-state index contributed by atoms with van der Waals surface area (Å²) in [4.78, 5) is 12.8. The minimum atomic E-state index is -3.56. The van der Waals surface area contributed by atoms with Gasteiger partial charge in [0, 0.05) is 13.1 Å². The van der Waals surface area contributed by atoms with E-state index in [9.17, 15) is 13.2 Å². The quantitative estimate of drug-likeness (QED) is 0.758. The predicted molar refractivity (Wildman–Crippen MR) is 107 cm³/mol. The van der Waals surface area contributed by atoms with Gasteiger partial charge < -0.3 is 10.1 Å². The normalized spacial score (nSPS) is 18.2. The Bertz CT molecular complexity index is 900. The molecular weight excluding hydrogens is 408 g/mol. The molecule has 1 atom stereocenters. The van der Waals surface area contributed by atoms with Crippen LogP contribution in [-0.2, 0) is 14.8 Å². The molecule has 2 aromatic rings. The lowest BCUT2D eigenvalue weighted by atomic mass is 9.98. The maximum Gasteiger partial charge on any atom is 0.252 e. The van der Waals surface area contributed by atoms with E-state index in [1.807, 2.05) is 6.92 Å². The van der Waals surface area contributed by atoms with Crippen molar-refractivity contribution in [1.82, 2.24) is 4.31 Å². The van der Waals surface area contributed by atoms with E-state index in [-0.39, 0.29) is 12.5 Å². The van der Waals surface area contributed by atoms with Crippen LogP contribution in [0, 0.1) is 5.92 Å². The van der Waals surface area contributed by atoms with Crippen molar-refractivity contribution < 1.29 is 17.9 Å². The van der Waals surface area contributed by atoms with Crippen LogP contribution in [-0.4, -0.2) is 38.3 Å². The molecule has 1 aliphatic rings. The molecule has 9 heteroatoms. The molecule has 3 rings (SSSR count). The maximum absolute atomic E-state index is 12.8. The Morgan fingerprint density at radius 3 is 2.89 bits per heavy atom. The standard InChI is InChI=1S/C18H21ClN2O4S2/c1-2-25-17-14(19)7-3-8-15(17)20-18(22)13-6-4-10-21(12-13)27(23,24)16-9-5-11-26-16/h3,5,7-9,11,13H,2,4,6,10,12H2,1H3,(H,20,22). The van der Waals surface area contributed by atoms with Gasteiger partial charge in [-0.05, 0) is 43.3 Å². The molecule has 1 saturated heterocycles. The van der Waals surface area contributed by atoms with Crippen LogP contribution in [0.4, 0.5) is 5.69 Å². The molecule has 0 radical (unpaired) electrons. The third-order valence-corrected chi connectivity index (χ3v) is 7.89. The van der Waals surface area contributed by atoms with Crippen LogP contribution in [0.3, 0.4) is 0 Å². The van der Waals surface area contributed by atoms with Gasteiger partial charge in [-0.2, -0.15) is 4.31 Å². The number of ether oxygens (including phenoxy) is 1. The Balaban J connectivity index is 1.74. The average molecular weight is 429 g/mol. The highest BCUT2D eigenvalue weighted by molar-refractivity contribution is 7.91. The van der Waals surface area contributed by atoms with E-state index in [1.54, 1.807) is 35.7 Å². The van der Waals surface area contributed by atoms with E-state index in [4.69, 9.17) is 16.3 Å². The first-order chi connectivity index (χ1) is 12.9. The number of piperidine rings is 1. The zero-order valence-electron chi connectivity index (χ0n) is 14.9. The van der Waals surface area contributed by atoms with Gasteiger partial charge >= 0.3 is 0 Å². The first kappa shape index (κ1) is 20.1. The highest BCUT2D eigenvalue weighted by Crippen LogP contribution is 2.34. The van der Waals surface area contributed by atoms with E-state index in [1.165, 1.54) is 15.6 Å². The number of thiophene rings is 1. The first-order valence-corrected chi connectivity index (χ1v) is 11.4. The maximum atomic E-state index is 12.8. The highest BCUT2D eigenvalue weighted by Gasteiger charge is 2.34. The van der Waals surface area contributed by atoms with Gasteiger partial charge in [0.2, 0.25) is 5.91 Å². The van der Waals surface area contributed by atoms with Gasteiger partial charge in [0.05, 0.1) is 23.2 Å². The average Bonchev–Trinajstić information content (AvgIpc) is 3.20. The lowest BCUT2D eigenvalue weighted by Crippen LogP contribution is -2.43. The number of carbonyl (C=O) groups excluding carboxylic acids is 1. The molecule has 146 valence electrons. The van der Waals surface area contributed by atoms with E-state index in [2.05, 4.69) is 5.32 Å². The molecule has 1 aliphatic heterocycles. The molecule has 0 spiro atoms. The van der Waals surface area contributed by atoms with Crippen LogP contribution < -0.4 is 10.1 Å². The molecule has 1 N–H and O–H groups in total.